The van der Waals surface area contributed by atoms with E-state index >= 15 is 0 Å². The van der Waals surface area contributed by atoms with Crippen LogP contribution in [0.1, 0.15) is 18.5 Å². The van der Waals surface area contributed by atoms with Gasteiger partial charge in [-0.15, -0.1) is 0 Å². The molecule has 3 atom stereocenters. The summed E-state index contributed by atoms with van der Waals surface area (Å²) in [5, 5.41) is 7.45. The van der Waals surface area contributed by atoms with Crippen molar-refractivity contribution in [3.05, 3.63) is 83.4 Å². The Bertz CT molecular complexity index is 1240. The second kappa shape index (κ2) is 8.24. The number of thiocarbonyl (C=S) groups is 1. The van der Waals surface area contributed by atoms with Gasteiger partial charge in [0, 0.05) is 22.0 Å². The minimum Gasteiger partial charge on any atom is -0.497 e. The van der Waals surface area contributed by atoms with E-state index in [4.69, 9.17) is 33.3 Å². The minimum atomic E-state index is -1.09. The fourth-order valence-corrected chi connectivity index (χ4v) is 5.23. The maximum atomic E-state index is 13.7. The van der Waals surface area contributed by atoms with Gasteiger partial charge in [0.05, 0.1) is 13.2 Å². The summed E-state index contributed by atoms with van der Waals surface area (Å²) in [5.74, 6) is 0.607. The second-order valence-electron chi connectivity index (χ2n) is 8.13. The molecule has 0 saturated carbocycles. The molecule has 33 heavy (non-hydrogen) atoms. The summed E-state index contributed by atoms with van der Waals surface area (Å²) in [7, 11) is 1.60. The van der Waals surface area contributed by atoms with E-state index in [1.165, 1.54) is 0 Å². The van der Waals surface area contributed by atoms with Gasteiger partial charge in [0.1, 0.15) is 17.4 Å². The highest BCUT2D eigenvalue weighted by Gasteiger charge is 2.59. The molecule has 3 aromatic carbocycles. The Hall–Kier alpha value is -3.29. The van der Waals surface area contributed by atoms with Crippen LogP contribution in [0.4, 0.5) is 11.4 Å². The molecular formula is C25H22ClN3O3S. The van der Waals surface area contributed by atoms with Gasteiger partial charge in [0.2, 0.25) is 5.91 Å². The number of nitrogens with zero attached hydrogens (tertiary/aromatic N) is 1. The minimum absolute atomic E-state index is 0.191. The van der Waals surface area contributed by atoms with Crippen molar-refractivity contribution < 1.29 is 14.3 Å². The monoisotopic (exact) mass is 479 g/mol. The molecule has 1 saturated heterocycles. The van der Waals surface area contributed by atoms with Crippen LogP contribution in [0.2, 0.25) is 5.02 Å². The predicted molar refractivity (Wildman–Crippen MR) is 133 cm³/mol. The van der Waals surface area contributed by atoms with E-state index in [1.807, 2.05) is 54.3 Å². The summed E-state index contributed by atoms with van der Waals surface area (Å²) >= 11 is 12.0. The summed E-state index contributed by atoms with van der Waals surface area (Å²) in [4.78, 5) is 15.6. The van der Waals surface area contributed by atoms with Crippen molar-refractivity contribution >= 4 is 46.2 Å². The Morgan fingerprint density at radius 1 is 1.15 bits per heavy atom. The SMILES string of the molecule is COc1ccc(NC(=O)[C@@H]2[C@@H]3NC(=S)N(c4cccc(Cl)c4)[C@]2(C)Oc2ccccc23)cc1. The first-order chi connectivity index (χ1) is 15.9. The molecule has 0 aromatic heterocycles. The zero-order valence-corrected chi connectivity index (χ0v) is 19.6. The lowest BCUT2D eigenvalue weighted by Gasteiger charge is -2.56. The third-order valence-electron chi connectivity index (χ3n) is 6.11. The number of nitrogens with one attached hydrogen (secondary N) is 2. The fourth-order valence-electron chi connectivity index (χ4n) is 4.63. The van der Waals surface area contributed by atoms with Gasteiger partial charge in [-0.2, -0.15) is 0 Å². The smallest absolute Gasteiger partial charge is 0.236 e. The van der Waals surface area contributed by atoms with Crippen LogP contribution in [-0.2, 0) is 4.79 Å². The molecule has 3 aromatic rings. The molecule has 0 unspecified atom stereocenters. The number of anilines is 2. The number of rotatable bonds is 4. The molecule has 0 aliphatic carbocycles. The van der Waals surface area contributed by atoms with E-state index < -0.39 is 11.6 Å². The van der Waals surface area contributed by atoms with Crippen molar-refractivity contribution in [3.8, 4) is 11.5 Å². The van der Waals surface area contributed by atoms with Gasteiger partial charge in [-0.25, -0.2) is 0 Å². The first-order valence-electron chi connectivity index (χ1n) is 10.5. The van der Waals surface area contributed by atoms with E-state index in [0.717, 1.165) is 11.3 Å². The number of hydrogen-bond donors (Lipinski definition) is 2. The van der Waals surface area contributed by atoms with Gasteiger partial charge < -0.3 is 20.1 Å². The Kier molecular flexibility index (Phi) is 5.38. The van der Waals surface area contributed by atoms with E-state index in [-0.39, 0.29) is 11.9 Å². The van der Waals surface area contributed by atoms with E-state index in [2.05, 4.69) is 10.6 Å². The van der Waals surface area contributed by atoms with Crippen molar-refractivity contribution in [1.29, 1.82) is 0 Å². The standard InChI is InChI=1S/C25H22ClN3O3S/c1-25-21(23(30)27-16-10-12-18(31-2)13-11-16)22(19-8-3-4-9-20(19)32-25)28-24(33)29(25)17-7-5-6-15(26)14-17/h3-14,21-22H,1-2H3,(H,27,30)(H,28,33)/t21-,22+,25+/m0/s1. The van der Waals surface area contributed by atoms with Crippen molar-refractivity contribution in [2.75, 3.05) is 17.3 Å². The molecule has 1 fully saturated rings. The third-order valence-corrected chi connectivity index (χ3v) is 6.65. The molecular weight excluding hydrogens is 458 g/mol. The highest BCUT2D eigenvalue weighted by molar-refractivity contribution is 7.80. The van der Waals surface area contributed by atoms with Crippen LogP contribution in [0.3, 0.4) is 0 Å². The first-order valence-corrected chi connectivity index (χ1v) is 11.3. The van der Waals surface area contributed by atoms with E-state index in [1.54, 1.807) is 37.4 Å². The molecule has 2 bridgehead atoms. The van der Waals surface area contributed by atoms with Gasteiger partial charge in [0.15, 0.2) is 10.8 Å². The number of benzene rings is 3. The summed E-state index contributed by atoms with van der Waals surface area (Å²) in [5.41, 5.74) is 1.20. The Morgan fingerprint density at radius 3 is 2.64 bits per heavy atom. The second-order valence-corrected chi connectivity index (χ2v) is 8.96. The molecule has 0 radical (unpaired) electrons. The van der Waals surface area contributed by atoms with Crippen LogP contribution in [-0.4, -0.2) is 23.9 Å². The Labute approximate surface area is 202 Å². The zero-order valence-electron chi connectivity index (χ0n) is 18.0. The van der Waals surface area contributed by atoms with Gasteiger partial charge in [0.25, 0.3) is 0 Å². The molecule has 2 aliphatic heterocycles. The van der Waals surface area contributed by atoms with Crippen LogP contribution in [0.5, 0.6) is 11.5 Å². The highest BCUT2D eigenvalue weighted by atomic mass is 35.5. The number of carbonyl (C=O) groups is 1. The molecule has 0 spiro atoms. The number of carbonyl (C=O) groups excluding carboxylic acids is 1. The quantitative estimate of drug-likeness (QED) is 0.505. The number of methoxy groups -OCH3 is 1. The summed E-state index contributed by atoms with van der Waals surface area (Å²) in [6.45, 7) is 1.89. The predicted octanol–water partition coefficient (Wildman–Crippen LogP) is 5.15. The van der Waals surface area contributed by atoms with Gasteiger partial charge >= 0.3 is 0 Å². The third kappa shape index (κ3) is 3.67. The summed E-state index contributed by atoms with van der Waals surface area (Å²) in [6.07, 6.45) is 0. The largest absolute Gasteiger partial charge is 0.497 e. The highest BCUT2D eigenvalue weighted by Crippen LogP contribution is 2.49. The molecule has 1 amide bonds. The molecule has 2 N–H and O–H groups in total. The summed E-state index contributed by atoms with van der Waals surface area (Å²) in [6, 6.07) is 21.9. The lowest BCUT2D eigenvalue weighted by Crippen LogP contribution is -2.72. The Morgan fingerprint density at radius 2 is 1.91 bits per heavy atom. The van der Waals surface area contributed by atoms with Gasteiger partial charge in [-0.3, -0.25) is 9.69 Å². The fraction of sp³-hybridized carbons (Fsp3) is 0.200. The topological polar surface area (TPSA) is 62.8 Å². The van der Waals surface area contributed by atoms with E-state index in [0.29, 0.717) is 27.3 Å². The molecule has 2 heterocycles. The van der Waals surface area contributed by atoms with Crippen LogP contribution < -0.4 is 25.0 Å². The van der Waals surface area contributed by atoms with Crippen LogP contribution in [0.25, 0.3) is 0 Å². The van der Waals surface area contributed by atoms with Gasteiger partial charge in [-0.05, 0) is 67.7 Å². The summed E-state index contributed by atoms with van der Waals surface area (Å²) < 4.78 is 11.8. The number of ether oxygens (including phenoxy) is 2. The van der Waals surface area contributed by atoms with Crippen molar-refractivity contribution in [2.24, 2.45) is 5.92 Å². The lowest BCUT2D eigenvalue weighted by atomic mass is 9.78. The molecule has 168 valence electrons. The van der Waals surface area contributed by atoms with Crippen molar-refractivity contribution in [1.82, 2.24) is 5.32 Å². The average molecular weight is 480 g/mol. The first kappa shape index (κ1) is 21.6. The Balaban J connectivity index is 1.59. The zero-order chi connectivity index (χ0) is 23.2. The van der Waals surface area contributed by atoms with Crippen molar-refractivity contribution in [3.63, 3.8) is 0 Å². The van der Waals surface area contributed by atoms with Crippen LogP contribution >= 0.6 is 23.8 Å². The van der Waals surface area contributed by atoms with Gasteiger partial charge in [-0.1, -0.05) is 35.9 Å². The van der Waals surface area contributed by atoms with Crippen LogP contribution in [0, 0.1) is 5.92 Å². The normalized spacial score (nSPS) is 23.1. The maximum absolute atomic E-state index is 13.7. The maximum Gasteiger partial charge on any atom is 0.236 e. The number of hydrogen-bond acceptors (Lipinski definition) is 4. The number of para-hydroxylation sites is 1. The molecule has 5 rings (SSSR count). The number of amides is 1. The van der Waals surface area contributed by atoms with Crippen LogP contribution in [0.15, 0.2) is 72.8 Å². The average Bonchev–Trinajstić information content (AvgIpc) is 2.79. The molecule has 6 nitrogen and oxygen atoms in total. The van der Waals surface area contributed by atoms with Crippen molar-refractivity contribution in [2.45, 2.75) is 18.7 Å². The lowest BCUT2D eigenvalue weighted by molar-refractivity contribution is -0.130. The van der Waals surface area contributed by atoms with E-state index in [9.17, 15) is 4.79 Å². The number of fused-ring (bicyclic) bond motifs is 4. The molecule has 8 heteroatoms. The number of halogens is 1. The molecule has 2 aliphatic rings.